The summed E-state index contributed by atoms with van der Waals surface area (Å²) in [5.74, 6) is 3.74. The van der Waals surface area contributed by atoms with E-state index in [1.54, 1.807) is 0 Å². The average Bonchev–Trinajstić information content (AvgIpc) is 2.17. The fourth-order valence-electron chi connectivity index (χ4n) is 1.01. The van der Waals surface area contributed by atoms with Gasteiger partial charge in [-0.2, -0.15) is 15.0 Å². The van der Waals surface area contributed by atoms with Crippen molar-refractivity contribution in [3.8, 4) is 12.3 Å². The first-order chi connectivity index (χ1) is 7.15. The molecule has 0 fully saturated rings. The molecule has 0 spiro atoms. The Balaban J connectivity index is 2.77. The molecule has 0 amide bonds. The Bertz CT molecular complexity index is 373. The number of halogens is 1. The number of anilines is 2. The summed E-state index contributed by atoms with van der Waals surface area (Å²) in [6, 6.07) is 0.0833. The van der Waals surface area contributed by atoms with Gasteiger partial charge in [0.15, 0.2) is 5.82 Å². The van der Waals surface area contributed by atoms with E-state index in [0.717, 1.165) is 0 Å². The van der Waals surface area contributed by atoms with Crippen molar-refractivity contribution in [2.24, 2.45) is 0 Å². The van der Waals surface area contributed by atoms with E-state index in [1.165, 1.54) is 0 Å². The number of nitrogen functional groups attached to an aromatic ring is 1. The van der Waals surface area contributed by atoms with E-state index in [4.69, 9.17) is 23.8 Å². The third kappa shape index (κ3) is 3.60. The van der Waals surface area contributed by atoms with E-state index in [1.807, 2.05) is 6.92 Å². The summed E-state index contributed by atoms with van der Waals surface area (Å²) in [5.41, 5.74) is 5.48. The molecule has 6 heteroatoms. The van der Waals surface area contributed by atoms with Gasteiger partial charge in [-0.3, -0.25) is 0 Å². The zero-order valence-electron chi connectivity index (χ0n) is 8.37. The van der Waals surface area contributed by atoms with Crippen LogP contribution in [0.25, 0.3) is 0 Å². The monoisotopic (exact) mass is 225 g/mol. The molecule has 1 rings (SSSR count). The van der Waals surface area contributed by atoms with Gasteiger partial charge in [0.25, 0.3) is 0 Å². The van der Waals surface area contributed by atoms with Gasteiger partial charge in [0, 0.05) is 12.5 Å². The van der Waals surface area contributed by atoms with Crippen LogP contribution in [-0.2, 0) is 5.88 Å². The lowest BCUT2D eigenvalue weighted by Gasteiger charge is -2.10. The van der Waals surface area contributed by atoms with Gasteiger partial charge >= 0.3 is 0 Å². The van der Waals surface area contributed by atoms with E-state index in [2.05, 4.69) is 26.2 Å². The van der Waals surface area contributed by atoms with Crippen LogP contribution in [0.3, 0.4) is 0 Å². The lowest BCUT2D eigenvalue weighted by atomic mass is 10.2. The highest BCUT2D eigenvalue weighted by Gasteiger charge is 2.06. The predicted octanol–water partition coefficient (Wildman–Crippen LogP) is 1.02. The van der Waals surface area contributed by atoms with Crippen LogP contribution in [0.4, 0.5) is 11.9 Å². The van der Waals surface area contributed by atoms with Crippen LogP contribution in [0.1, 0.15) is 19.2 Å². The van der Waals surface area contributed by atoms with Crippen LogP contribution in [0.5, 0.6) is 0 Å². The van der Waals surface area contributed by atoms with Crippen LogP contribution in [0, 0.1) is 12.3 Å². The van der Waals surface area contributed by atoms with Crippen molar-refractivity contribution in [1.82, 2.24) is 15.0 Å². The largest absolute Gasteiger partial charge is 0.368 e. The van der Waals surface area contributed by atoms with Gasteiger partial charge in [-0.05, 0) is 6.92 Å². The molecule has 1 heterocycles. The Morgan fingerprint density at radius 1 is 1.53 bits per heavy atom. The third-order valence-corrected chi connectivity index (χ3v) is 1.86. The Labute approximate surface area is 93.5 Å². The van der Waals surface area contributed by atoms with Gasteiger partial charge in [-0.15, -0.1) is 23.9 Å². The van der Waals surface area contributed by atoms with Crippen molar-refractivity contribution >= 4 is 23.5 Å². The lowest BCUT2D eigenvalue weighted by Crippen LogP contribution is -2.18. The van der Waals surface area contributed by atoms with Gasteiger partial charge in [-0.1, -0.05) is 0 Å². The first kappa shape index (κ1) is 11.5. The van der Waals surface area contributed by atoms with Crippen LogP contribution >= 0.6 is 11.6 Å². The summed E-state index contributed by atoms with van der Waals surface area (Å²) in [6.45, 7) is 1.93. The summed E-state index contributed by atoms with van der Waals surface area (Å²) in [6.07, 6.45) is 5.77. The second-order valence-electron chi connectivity index (χ2n) is 3.02. The second kappa shape index (κ2) is 5.37. The van der Waals surface area contributed by atoms with E-state index in [0.29, 0.717) is 18.2 Å². The van der Waals surface area contributed by atoms with Crippen LogP contribution in [-0.4, -0.2) is 21.0 Å². The standard InChI is InChI=1S/C9H12ClN5/c1-3-4-6(2)12-9-14-7(5-10)13-8(11)15-9/h1,6H,4-5H2,2H3,(H3,11,12,13,14,15). The number of hydrogen-bond donors (Lipinski definition) is 2. The zero-order chi connectivity index (χ0) is 11.3. The molecule has 3 N–H and O–H groups in total. The minimum Gasteiger partial charge on any atom is -0.368 e. The maximum Gasteiger partial charge on any atom is 0.228 e. The molecule has 1 aromatic rings. The number of nitrogens with two attached hydrogens (primary N) is 1. The van der Waals surface area contributed by atoms with E-state index < -0.39 is 0 Å². The van der Waals surface area contributed by atoms with Crippen molar-refractivity contribution < 1.29 is 0 Å². The molecule has 80 valence electrons. The maximum atomic E-state index is 5.60. The first-order valence-corrected chi connectivity index (χ1v) is 4.95. The molecular weight excluding hydrogens is 214 g/mol. The molecular formula is C9H12ClN5. The first-order valence-electron chi connectivity index (χ1n) is 4.42. The molecule has 15 heavy (non-hydrogen) atoms. The Morgan fingerprint density at radius 3 is 2.87 bits per heavy atom. The zero-order valence-corrected chi connectivity index (χ0v) is 9.12. The normalized spacial score (nSPS) is 11.8. The summed E-state index contributed by atoms with van der Waals surface area (Å²) in [7, 11) is 0. The van der Waals surface area contributed by atoms with Crippen LogP contribution < -0.4 is 11.1 Å². The van der Waals surface area contributed by atoms with Gasteiger partial charge in [0.05, 0.1) is 5.88 Å². The van der Waals surface area contributed by atoms with Crippen LogP contribution in [0.15, 0.2) is 0 Å². The van der Waals surface area contributed by atoms with Gasteiger partial charge in [0.1, 0.15) is 0 Å². The number of alkyl halides is 1. The number of terminal acetylenes is 1. The fourth-order valence-corrected chi connectivity index (χ4v) is 1.13. The number of nitrogens with zero attached hydrogens (tertiary/aromatic N) is 3. The van der Waals surface area contributed by atoms with Crippen molar-refractivity contribution in [1.29, 1.82) is 0 Å². The molecule has 0 saturated carbocycles. The maximum absolute atomic E-state index is 5.60. The van der Waals surface area contributed by atoms with Gasteiger partial charge < -0.3 is 11.1 Å². The van der Waals surface area contributed by atoms with Crippen molar-refractivity contribution in [3.05, 3.63) is 5.82 Å². The fraction of sp³-hybridized carbons (Fsp3) is 0.444. The lowest BCUT2D eigenvalue weighted by molar-refractivity contribution is 0.804. The molecule has 0 bridgehead atoms. The molecule has 0 aliphatic rings. The molecule has 0 saturated heterocycles. The molecule has 5 nitrogen and oxygen atoms in total. The summed E-state index contributed by atoms with van der Waals surface area (Å²) >= 11 is 5.60. The Kier molecular flexibility index (Phi) is 4.13. The smallest absolute Gasteiger partial charge is 0.228 e. The third-order valence-electron chi connectivity index (χ3n) is 1.62. The molecule has 1 atom stereocenters. The molecule has 0 aliphatic carbocycles. The number of aromatic nitrogens is 3. The van der Waals surface area contributed by atoms with Crippen molar-refractivity contribution in [2.75, 3.05) is 11.1 Å². The summed E-state index contributed by atoms with van der Waals surface area (Å²) < 4.78 is 0. The average molecular weight is 226 g/mol. The molecule has 0 aliphatic heterocycles. The van der Waals surface area contributed by atoms with Gasteiger partial charge in [-0.25, -0.2) is 0 Å². The Hall–Kier alpha value is -1.54. The van der Waals surface area contributed by atoms with Crippen molar-refractivity contribution in [2.45, 2.75) is 25.3 Å². The topological polar surface area (TPSA) is 76.7 Å². The highest BCUT2D eigenvalue weighted by Crippen LogP contribution is 2.06. The number of hydrogen-bond acceptors (Lipinski definition) is 5. The van der Waals surface area contributed by atoms with Crippen LogP contribution in [0.2, 0.25) is 0 Å². The highest BCUT2D eigenvalue weighted by molar-refractivity contribution is 6.16. The van der Waals surface area contributed by atoms with E-state index in [9.17, 15) is 0 Å². The Morgan fingerprint density at radius 2 is 2.27 bits per heavy atom. The quantitative estimate of drug-likeness (QED) is 0.591. The minimum atomic E-state index is 0.0833. The molecule has 1 aromatic heterocycles. The summed E-state index contributed by atoms with van der Waals surface area (Å²) in [4.78, 5) is 11.8. The van der Waals surface area contributed by atoms with E-state index in [-0.39, 0.29) is 17.9 Å². The van der Waals surface area contributed by atoms with Crippen molar-refractivity contribution in [3.63, 3.8) is 0 Å². The highest BCUT2D eigenvalue weighted by atomic mass is 35.5. The molecule has 1 unspecified atom stereocenters. The SMILES string of the molecule is C#CCC(C)Nc1nc(N)nc(CCl)n1. The summed E-state index contributed by atoms with van der Waals surface area (Å²) in [5, 5.41) is 3.01. The molecule has 0 radical (unpaired) electrons. The molecule has 0 aromatic carbocycles. The second-order valence-corrected chi connectivity index (χ2v) is 3.29. The number of nitrogens with one attached hydrogen (secondary N) is 1. The van der Waals surface area contributed by atoms with Gasteiger partial charge in [0.2, 0.25) is 11.9 Å². The van der Waals surface area contributed by atoms with E-state index >= 15 is 0 Å². The minimum absolute atomic E-state index is 0.0833. The number of rotatable bonds is 4. The predicted molar refractivity (Wildman–Crippen MR) is 60.3 cm³/mol.